The second kappa shape index (κ2) is 8.49. The Morgan fingerprint density at radius 3 is 2.65 bits per heavy atom. The fourth-order valence-electron chi connectivity index (χ4n) is 2.49. The molecule has 6 heteroatoms. The molecule has 1 heterocycles. The maximum absolute atomic E-state index is 12.1. The first-order valence-electron chi connectivity index (χ1n) is 8.37. The third-order valence-electron chi connectivity index (χ3n) is 3.95. The monoisotopic (exact) mass is 368 g/mol. The SMILES string of the molecule is C[C@@H](Oc1ccc2ccccc2c1)C(=O)NNC(=O)CCc1ccsc1. The topological polar surface area (TPSA) is 67.4 Å². The zero-order valence-electron chi connectivity index (χ0n) is 14.4. The van der Waals surface area contributed by atoms with Gasteiger partial charge in [0.15, 0.2) is 6.10 Å². The lowest BCUT2D eigenvalue weighted by molar-refractivity contribution is -0.132. The molecule has 0 unspecified atom stereocenters. The third-order valence-corrected chi connectivity index (χ3v) is 4.68. The van der Waals surface area contributed by atoms with Crippen molar-refractivity contribution < 1.29 is 14.3 Å². The molecule has 26 heavy (non-hydrogen) atoms. The molecule has 0 radical (unpaired) electrons. The molecule has 0 saturated carbocycles. The summed E-state index contributed by atoms with van der Waals surface area (Å²) in [5.74, 6) is -0.0281. The largest absolute Gasteiger partial charge is 0.481 e. The highest BCUT2D eigenvalue weighted by Crippen LogP contribution is 2.21. The van der Waals surface area contributed by atoms with Crippen LogP contribution in [0.5, 0.6) is 5.75 Å². The summed E-state index contributed by atoms with van der Waals surface area (Å²) in [6.07, 6.45) is 0.235. The van der Waals surface area contributed by atoms with E-state index in [0.29, 0.717) is 18.6 Å². The van der Waals surface area contributed by atoms with Crippen molar-refractivity contribution in [2.45, 2.75) is 25.9 Å². The smallest absolute Gasteiger partial charge is 0.279 e. The van der Waals surface area contributed by atoms with Gasteiger partial charge in [-0.05, 0) is 58.6 Å². The van der Waals surface area contributed by atoms with Crippen LogP contribution in [-0.2, 0) is 16.0 Å². The van der Waals surface area contributed by atoms with E-state index in [1.165, 1.54) is 0 Å². The normalized spacial score (nSPS) is 11.7. The first-order valence-corrected chi connectivity index (χ1v) is 9.31. The third kappa shape index (κ3) is 4.83. The molecular weight excluding hydrogens is 348 g/mol. The Balaban J connectivity index is 1.46. The minimum absolute atomic E-state index is 0.234. The molecule has 0 aliphatic carbocycles. The Morgan fingerprint density at radius 1 is 1.08 bits per heavy atom. The summed E-state index contributed by atoms with van der Waals surface area (Å²) in [5.41, 5.74) is 5.95. The van der Waals surface area contributed by atoms with E-state index in [4.69, 9.17) is 4.74 Å². The fourth-order valence-corrected chi connectivity index (χ4v) is 3.19. The number of hydrazine groups is 1. The number of ether oxygens (including phenoxy) is 1. The Hall–Kier alpha value is -2.86. The standard InChI is InChI=1S/C20H20N2O3S/c1-14(25-18-8-7-16-4-2-3-5-17(16)12-18)20(24)22-21-19(23)9-6-15-10-11-26-13-15/h2-5,7-8,10-14H,6,9H2,1H3,(H,21,23)(H,22,24)/t14-/m1/s1. The molecule has 0 bridgehead atoms. The summed E-state index contributed by atoms with van der Waals surface area (Å²) < 4.78 is 5.67. The van der Waals surface area contributed by atoms with E-state index in [0.717, 1.165) is 16.3 Å². The fraction of sp³-hybridized carbons (Fsp3) is 0.200. The van der Waals surface area contributed by atoms with E-state index >= 15 is 0 Å². The van der Waals surface area contributed by atoms with Gasteiger partial charge >= 0.3 is 0 Å². The zero-order chi connectivity index (χ0) is 18.4. The van der Waals surface area contributed by atoms with E-state index in [1.54, 1.807) is 18.3 Å². The molecule has 0 saturated heterocycles. The van der Waals surface area contributed by atoms with Gasteiger partial charge in [0.1, 0.15) is 5.75 Å². The molecule has 1 aromatic heterocycles. The van der Waals surface area contributed by atoms with E-state index in [-0.39, 0.29) is 5.91 Å². The number of benzene rings is 2. The minimum atomic E-state index is -0.728. The van der Waals surface area contributed by atoms with Gasteiger partial charge in [-0.3, -0.25) is 20.4 Å². The first kappa shape index (κ1) is 17.9. The van der Waals surface area contributed by atoms with Gasteiger partial charge in [0, 0.05) is 6.42 Å². The van der Waals surface area contributed by atoms with E-state index < -0.39 is 12.0 Å². The Kier molecular flexibility index (Phi) is 5.86. The second-order valence-corrected chi connectivity index (χ2v) is 6.72. The summed E-state index contributed by atoms with van der Waals surface area (Å²) in [6, 6.07) is 15.6. The Morgan fingerprint density at radius 2 is 1.88 bits per heavy atom. The van der Waals surface area contributed by atoms with Crippen molar-refractivity contribution in [3.63, 3.8) is 0 Å². The summed E-state index contributed by atoms with van der Waals surface area (Å²) in [4.78, 5) is 23.9. The van der Waals surface area contributed by atoms with Crippen LogP contribution in [0.3, 0.4) is 0 Å². The van der Waals surface area contributed by atoms with Crippen molar-refractivity contribution >= 4 is 33.9 Å². The summed E-state index contributed by atoms with van der Waals surface area (Å²) >= 11 is 1.60. The molecule has 2 N–H and O–H groups in total. The summed E-state index contributed by atoms with van der Waals surface area (Å²) in [7, 11) is 0. The quantitative estimate of drug-likeness (QED) is 0.655. The van der Waals surface area contributed by atoms with E-state index in [2.05, 4.69) is 10.9 Å². The molecule has 2 aromatic carbocycles. The van der Waals surface area contributed by atoms with Crippen molar-refractivity contribution in [1.29, 1.82) is 0 Å². The number of rotatable bonds is 6. The van der Waals surface area contributed by atoms with Gasteiger partial charge in [-0.15, -0.1) is 0 Å². The average Bonchev–Trinajstić information content (AvgIpc) is 3.18. The number of aryl methyl sites for hydroxylation is 1. The second-order valence-electron chi connectivity index (χ2n) is 5.94. The van der Waals surface area contributed by atoms with Gasteiger partial charge in [0.2, 0.25) is 5.91 Å². The maximum atomic E-state index is 12.1. The molecule has 5 nitrogen and oxygen atoms in total. The van der Waals surface area contributed by atoms with Crippen LogP contribution in [0.2, 0.25) is 0 Å². The molecule has 134 valence electrons. The van der Waals surface area contributed by atoms with Crippen LogP contribution in [0.1, 0.15) is 18.9 Å². The van der Waals surface area contributed by atoms with Crippen molar-refractivity contribution in [1.82, 2.24) is 10.9 Å². The Bertz CT molecular complexity index is 893. The maximum Gasteiger partial charge on any atom is 0.279 e. The molecular formula is C20H20N2O3S. The van der Waals surface area contributed by atoms with Gasteiger partial charge in [-0.1, -0.05) is 30.3 Å². The van der Waals surface area contributed by atoms with Crippen LogP contribution in [0.25, 0.3) is 10.8 Å². The molecule has 0 spiro atoms. The number of carbonyl (C=O) groups is 2. The summed E-state index contributed by atoms with van der Waals surface area (Å²) in [5, 5.41) is 6.13. The Labute approximate surface area is 156 Å². The number of nitrogens with one attached hydrogen (secondary N) is 2. The van der Waals surface area contributed by atoms with Gasteiger partial charge in [0.05, 0.1) is 0 Å². The number of thiophene rings is 1. The average molecular weight is 368 g/mol. The lowest BCUT2D eigenvalue weighted by atomic mass is 10.1. The highest BCUT2D eigenvalue weighted by Gasteiger charge is 2.15. The highest BCUT2D eigenvalue weighted by atomic mass is 32.1. The van der Waals surface area contributed by atoms with Crippen LogP contribution in [0.4, 0.5) is 0 Å². The van der Waals surface area contributed by atoms with Gasteiger partial charge in [-0.2, -0.15) is 11.3 Å². The van der Waals surface area contributed by atoms with E-state index in [1.807, 2.05) is 59.3 Å². The molecule has 1 atom stereocenters. The number of fused-ring (bicyclic) bond motifs is 1. The predicted octanol–water partition coefficient (Wildman–Crippen LogP) is 3.45. The van der Waals surface area contributed by atoms with Crippen molar-refractivity contribution in [2.24, 2.45) is 0 Å². The van der Waals surface area contributed by atoms with Crippen molar-refractivity contribution in [2.75, 3.05) is 0 Å². The van der Waals surface area contributed by atoms with E-state index in [9.17, 15) is 9.59 Å². The van der Waals surface area contributed by atoms with Crippen molar-refractivity contribution in [3.05, 3.63) is 64.9 Å². The lowest BCUT2D eigenvalue weighted by Gasteiger charge is -2.15. The number of hydrogen-bond acceptors (Lipinski definition) is 4. The molecule has 0 aliphatic heterocycles. The van der Waals surface area contributed by atoms with Crippen LogP contribution in [-0.4, -0.2) is 17.9 Å². The van der Waals surface area contributed by atoms with Gasteiger partial charge in [-0.25, -0.2) is 0 Å². The van der Waals surface area contributed by atoms with Crippen LogP contribution < -0.4 is 15.6 Å². The van der Waals surface area contributed by atoms with Crippen LogP contribution >= 0.6 is 11.3 Å². The number of amides is 2. The minimum Gasteiger partial charge on any atom is -0.481 e. The first-order chi connectivity index (χ1) is 12.6. The molecule has 0 fully saturated rings. The van der Waals surface area contributed by atoms with Crippen LogP contribution in [0, 0.1) is 0 Å². The van der Waals surface area contributed by atoms with Crippen molar-refractivity contribution in [3.8, 4) is 5.75 Å². The number of carbonyl (C=O) groups excluding carboxylic acids is 2. The predicted molar refractivity (Wildman–Crippen MR) is 103 cm³/mol. The van der Waals surface area contributed by atoms with Crippen LogP contribution in [0.15, 0.2) is 59.3 Å². The molecule has 3 aromatic rings. The highest BCUT2D eigenvalue weighted by molar-refractivity contribution is 7.07. The van der Waals surface area contributed by atoms with Gasteiger partial charge in [0.25, 0.3) is 5.91 Å². The summed E-state index contributed by atoms with van der Waals surface area (Å²) in [6.45, 7) is 1.64. The zero-order valence-corrected chi connectivity index (χ0v) is 15.2. The lowest BCUT2D eigenvalue weighted by Crippen LogP contribution is -2.47. The number of hydrogen-bond donors (Lipinski definition) is 2. The molecule has 0 aliphatic rings. The van der Waals surface area contributed by atoms with Gasteiger partial charge < -0.3 is 4.74 Å². The molecule has 2 amide bonds. The molecule has 3 rings (SSSR count).